The molecule has 3 unspecified atom stereocenters. The second-order valence-electron chi connectivity index (χ2n) is 4.89. The maximum atomic E-state index is 9.10. The van der Waals surface area contributed by atoms with Crippen molar-refractivity contribution in [1.82, 2.24) is 4.90 Å². The second-order valence-corrected chi connectivity index (χ2v) is 4.89. The average Bonchev–Trinajstić information content (AvgIpc) is 2.72. The first-order valence-corrected chi connectivity index (χ1v) is 6.36. The zero-order valence-electron chi connectivity index (χ0n) is 10.3. The van der Waals surface area contributed by atoms with Crippen LogP contribution in [-0.4, -0.2) is 54.2 Å². The molecule has 3 atom stereocenters. The van der Waals surface area contributed by atoms with Crippen LogP contribution in [0.1, 0.15) is 33.1 Å². The predicted molar refractivity (Wildman–Crippen MR) is 61.2 cm³/mol. The van der Waals surface area contributed by atoms with Crippen molar-refractivity contribution in [1.29, 1.82) is 0 Å². The van der Waals surface area contributed by atoms with Crippen LogP contribution < -0.4 is 0 Å². The molecule has 4 heteroatoms. The van der Waals surface area contributed by atoms with E-state index in [4.69, 9.17) is 14.6 Å². The fraction of sp³-hybridized carbons (Fsp3) is 1.00. The van der Waals surface area contributed by atoms with Gasteiger partial charge in [-0.1, -0.05) is 13.3 Å². The molecule has 0 aromatic carbocycles. The van der Waals surface area contributed by atoms with Gasteiger partial charge in [0.2, 0.25) is 0 Å². The monoisotopic (exact) mass is 229 g/mol. The number of nitrogens with zero attached hydrogens (tertiary/aromatic N) is 1. The molecule has 0 spiro atoms. The van der Waals surface area contributed by atoms with Crippen LogP contribution in [0.15, 0.2) is 0 Å². The van der Waals surface area contributed by atoms with Gasteiger partial charge in [-0.2, -0.15) is 0 Å². The number of likely N-dealkylation sites (tertiary alicyclic amines) is 1. The molecular weight excluding hydrogens is 206 g/mol. The third-order valence-electron chi connectivity index (χ3n) is 3.79. The van der Waals surface area contributed by atoms with Crippen LogP contribution in [0.2, 0.25) is 0 Å². The summed E-state index contributed by atoms with van der Waals surface area (Å²) < 4.78 is 11.6. The lowest BCUT2D eigenvalue weighted by Gasteiger charge is -2.43. The Morgan fingerprint density at radius 3 is 2.88 bits per heavy atom. The molecule has 16 heavy (non-hydrogen) atoms. The highest BCUT2D eigenvalue weighted by Crippen LogP contribution is 2.34. The van der Waals surface area contributed by atoms with E-state index in [2.05, 4.69) is 11.8 Å². The van der Waals surface area contributed by atoms with Crippen molar-refractivity contribution in [3.63, 3.8) is 0 Å². The van der Waals surface area contributed by atoms with Gasteiger partial charge in [-0.05, 0) is 32.9 Å². The Bertz CT molecular complexity index is 236. The molecule has 0 aliphatic carbocycles. The lowest BCUT2D eigenvalue weighted by molar-refractivity contribution is -0.206. The van der Waals surface area contributed by atoms with Gasteiger partial charge in [0.15, 0.2) is 5.79 Å². The van der Waals surface area contributed by atoms with Gasteiger partial charge in [-0.15, -0.1) is 0 Å². The first-order chi connectivity index (χ1) is 7.69. The van der Waals surface area contributed by atoms with Crippen LogP contribution in [0, 0.1) is 0 Å². The van der Waals surface area contributed by atoms with E-state index in [-0.39, 0.29) is 12.7 Å². The van der Waals surface area contributed by atoms with Gasteiger partial charge in [0.25, 0.3) is 0 Å². The van der Waals surface area contributed by atoms with E-state index in [1.165, 1.54) is 12.8 Å². The Hall–Kier alpha value is -0.160. The Morgan fingerprint density at radius 1 is 1.44 bits per heavy atom. The minimum absolute atomic E-state index is 0.0500. The quantitative estimate of drug-likeness (QED) is 0.783. The highest BCUT2D eigenvalue weighted by molar-refractivity contribution is 4.90. The second kappa shape index (κ2) is 5.00. The van der Waals surface area contributed by atoms with E-state index in [1.807, 2.05) is 6.92 Å². The Kier molecular flexibility index (Phi) is 3.85. The molecule has 2 heterocycles. The van der Waals surface area contributed by atoms with Gasteiger partial charge in [0.1, 0.15) is 6.10 Å². The van der Waals surface area contributed by atoms with Crippen molar-refractivity contribution in [3.8, 4) is 0 Å². The Morgan fingerprint density at radius 2 is 2.25 bits per heavy atom. The summed E-state index contributed by atoms with van der Waals surface area (Å²) in [5, 5.41) is 9.10. The Balaban J connectivity index is 2.04. The van der Waals surface area contributed by atoms with Gasteiger partial charge in [0, 0.05) is 0 Å². The van der Waals surface area contributed by atoms with Crippen molar-refractivity contribution >= 4 is 0 Å². The van der Waals surface area contributed by atoms with Crippen LogP contribution >= 0.6 is 0 Å². The number of aliphatic hydroxyl groups excluding tert-OH is 1. The minimum atomic E-state index is -0.524. The van der Waals surface area contributed by atoms with E-state index in [1.54, 1.807) is 0 Å². The number of likely N-dealkylation sites (N-methyl/N-ethyl adjacent to an activating group) is 1. The molecule has 94 valence electrons. The molecule has 1 N–H and O–H groups in total. The van der Waals surface area contributed by atoms with Crippen LogP contribution in [0.3, 0.4) is 0 Å². The smallest absolute Gasteiger partial charge is 0.181 e. The molecule has 0 aromatic heterocycles. The van der Waals surface area contributed by atoms with E-state index >= 15 is 0 Å². The van der Waals surface area contributed by atoms with Crippen molar-refractivity contribution in [3.05, 3.63) is 0 Å². The van der Waals surface area contributed by atoms with Gasteiger partial charge in [-0.3, -0.25) is 4.90 Å². The minimum Gasteiger partial charge on any atom is -0.394 e. The molecule has 0 amide bonds. The Labute approximate surface area is 97.5 Å². The zero-order chi connectivity index (χ0) is 11.6. The summed E-state index contributed by atoms with van der Waals surface area (Å²) in [6.45, 7) is 6.93. The van der Waals surface area contributed by atoms with Crippen LogP contribution in [0.25, 0.3) is 0 Å². The van der Waals surface area contributed by atoms with Crippen molar-refractivity contribution < 1.29 is 14.6 Å². The standard InChI is InChI=1S/C12H23NO3/c1-3-13-7-5-4-6-11(13)12(2)15-9-10(8-14)16-12/h10-11,14H,3-9H2,1-2H3. The highest BCUT2D eigenvalue weighted by atomic mass is 16.7. The normalized spacial score (nSPS) is 41.4. The number of hydrogen-bond donors (Lipinski definition) is 1. The average molecular weight is 229 g/mol. The summed E-state index contributed by atoms with van der Waals surface area (Å²) in [6.07, 6.45) is 3.49. The van der Waals surface area contributed by atoms with Crippen LogP contribution in [-0.2, 0) is 9.47 Å². The molecule has 0 radical (unpaired) electrons. The molecule has 2 rings (SSSR count). The van der Waals surface area contributed by atoms with E-state index in [9.17, 15) is 0 Å². The van der Waals surface area contributed by atoms with Crippen molar-refractivity contribution in [2.45, 2.75) is 51.0 Å². The molecule has 4 nitrogen and oxygen atoms in total. The summed E-state index contributed by atoms with van der Waals surface area (Å²) in [4.78, 5) is 2.43. The highest BCUT2D eigenvalue weighted by Gasteiger charge is 2.46. The number of hydrogen-bond acceptors (Lipinski definition) is 4. The third kappa shape index (κ3) is 2.25. The topological polar surface area (TPSA) is 41.9 Å². The number of aliphatic hydroxyl groups is 1. The summed E-state index contributed by atoms with van der Waals surface area (Å²) in [5.74, 6) is -0.524. The van der Waals surface area contributed by atoms with Crippen molar-refractivity contribution in [2.75, 3.05) is 26.3 Å². The van der Waals surface area contributed by atoms with E-state index < -0.39 is 5.79 Å². The first kappa shape index (κ1) is 12.3. The van der Waals surface area contributed by atoms with Gasteiger partial charge < -0.3 is 14.6 Å². The molecular formula is C12H23NO3. The van der Waals surface area contributed by atoms with Crippen LogP contribution in [0.4, 0.5) is 0 Å². The molecule has 0 aromatic rings. The fourth-order valence-electron chi connectivity index (χ4n) is 2.89. The first-order valence-electron chi connectivity index (χ1n) is 6.36. The maximum absolute atomic E-state index is 9.10. The molecule has 0 bridgehead atoms. The summed E-state index contributed by atoms with van der Waals surface area (Å²) in [5.41, 5.74) is 0. The molecule has 2 aliphatic heterocycles. The lowest BCUT2D eigenvalue weighted by Crippen LogP contribution is -2.54. The van der Waals surface area contributed by atoms with Gasteiger partial charge in [0.05, 0.1) is 19.3 Å². The summed E-state index contributed by atoms with van der Waals surface area (Å²) >= 11 is 0. The fourth-order valence-corrected chi connectivity index (χ4v) is 2.89. The lowest BCUT2D eigenvalue weighted by atomic mass is 9.95. The SMILES string of the molecule is CCN1CCCCC1C1(C)OCC(CO)O1. The molecule has 0 saturated carbocycles. The largest absolute Gasteiger partial charge is 0.394 e. The van der Waals surface area contributed by atoms with Crippen LogP contribution in [0.5, 0.6) is 0 Å². The summed E-state index contributed by atoms with van der Waals surface area (Å²) in [7, 11) is 0. The maximum Gasteiger partial charge on any atom is 0.181 e. The predicted octanol–water partition coefficient (Wildman–Crippen LogP) is 0.985. The van der Waals surface area contributed by atoms with Gasteiger partial charge >= 0.3 is 0 Å². The van der Waals surface area contributed by atoms with Crippen molar-refractivity contribution in [2.24, 2.45) is 0 Å². The number of ether oxygens (including phenoxy) is 2. The van der Waals surface area contributed by atoms with E-state index in [0.29, 0.717) is 12.6 Å². The molecule has 2 saturated heterocycles. The number of rotatable bonds is 3. The molecule has 2 aliphatic rings. The number of piperidine rings is 1. The third-order valence-corrected chi connectivity index (χ3v) is 3.79. The zero-order valence-corrected chi connectivity index (χ0v) is 10.3. The van der Waals surface area contributed by atoms with Gasteiger partial charge in [-0.25, -0.2) is 0 Å². The summed E-state index contributed by atoms with van der Waals surface area (Å²) in [6, 6.07) is 0.336. The van der Waals surface area contributed by atoms with E-state index in [0.717, 1.165) is 19.5 Å². The molecule has 2 fully saturated rings.